The minimum absolute atomic E-state index is 0.185. The molecule has 0 N–H and O–H groups in total. The van der Waals surface area contributed by atoms with Crippen molar-refractivity contribution < 1.29 is 23.9 Å². The topological polar surface area (TPSA) is 80.8 Å². The third kappa shape index (κ3) is 2.88. The van der Waals surface area contributed by atoms with Gasteiger partial charge in [0.2, 0.25) is 29.0 Å². The summed E-state index contributed by atoms with van der Waals surface area (Å²) in [5.41, 5.74) is -0.136. The lowest BCUT2D eigenvalue weighted by atomic mass is 9.77. The third-order valence-electron chi connectivity index (χ3n) is 7.13. The number of Topliss-reactive ketones (excluding diaryl/α,β-unsaturated/α-hetero) is 2. The first-order valence-electron chi connectivity index (χ1n) is 11.0. The summed E-state index contributed by atoms with van der Waals surface area (Å²) in [5.74, 6) is -4.81. The molecule has 8 heteroatoms. The molecule has 0 radical (unpaired) electrons. The molecule has 3 unspecified atom stereocenters. The van der Waals surface area contributed by atoms with Gasteiger partial charge in [0.1, 0.15) is 0 Å². The van der Waals surface area contributed by atoms with E-state index in [-0.39, 0.29) is 16.8 Å². The number of ketones is 2. The van der Waals surface area contributed by atoms with E-state index in [0.717, 1.165) is 10.5 Å². The molecule has 1 spiro atoms. The van der Waals surface area contributed by atoms with Gasteiger partial charge in [-0.05, 0) is 42.3 Å². The van der Waals surface area contributed by atoms with E-state index in [0.29, 0.717) is 15.6 Å². The van der Waals surface area contributed by atoms with Crippen molar-refractivity contribution in [2.24, 2.45) is 11.8 Å². The maximum absolute atomic E-state index is 13.9. The first-order valence-corrected chi connectivity index (χ1v) is 11.8. The maximum atomic E-state index is 13.9. The van der Waals surface area contributed by atoms with Gasteiger partial charge in [0.25, 0.3) is 0 Å². The lowest BCUT2D eigenvalue weighted by Crippen LogP contribution is -2.51. The van der Waals surface area contributed by atoms with Crippen LogP contribution in [0, 0.1) is 18.8 Å². The van der Waals surface area contributed by atoms with E-state index in [2.05, 4.69) is 0 Å². The lowest BCUT2D eigenvalue weighted by molar-refractivity contribution is -0.127. The highest BCUT2D eigenvalue weighted by atomic mass is 35.5. The standard InChI is InChI=1S/C27H17Cl2NO5/c1-13-6-11-16(12-19(13)29)30-25(33)20-21(26(30)34)27(35-22(20)14-7-9-15(28)10-8-14)23(31)17-4-2-3-5-18(17)24(27)32/h2-12,20-22H,1H3. The summed E-state index contributed by atoms with van der Waals surface area (Å²) in [6.45, 7) is 1.81. The lowest BCUT2D eigenvalue weighted by Gasteiger charge is -2.27. The molecule has 2 aliphatic heterocycles. The number of ether oxygens (including phenoxy) is 1. The Bertz CT molecular complexity index is 1430. The van der Waals surface area contributed by atoms with Crippen LogP contribution < -0.4 is 4.90 Å². The van der Waals surface area contributed by atoms with Crippen LogP contribution >= 0.6 is 23.2 Å². The van der Waals surface area contributed by atoms with Gasteiger partial charge in [0.05, 0.1) is 23.6 Å². The van der Waals surface area contributed by atoms with Crippen molar-refractivity contribution in [3.8, 4) is 0 Å². The zero-order valence-electron chi connectivity index (χ0n) is 18.3. The molecule has 3 atom stereocenters. The number of anilines is 1. The van der Waals surface area contributed by atoms with Gasteiger partial charge in [-0.25, -0.2) is 4.90 Å². The molecule has 35 heavy (non-hydrogen) atoms. The number of carbonyl (C=O) groups excluding carboxylic acids is 4. The Balaban J connectivity index is 1.54. The second-order valence-electron chi connectivity index (χ2n) is 8.98. The quantitative estimate of drug-likeness (QED) is 0.361. The van der Waals surface area contributed by atoms with Crippen LogP contribution in [0.3, 0.4) is 0 Å². The second kappa shape index (κ2) is 7.59. The zero-order chi connectivity index (χ0) is 24.6. The summed E-state index contributed by atoms with van der Waals surface area (Å²) in [7, 11) is 0. The van der Waals surface area contributed by atoms with Crippen LogP contribution in [-0.2, 0) is 14.3 Å². The number of hydrogen-bond acceptors (Lipinski definition) is 5. The Morgan fingerprint density at radius 1 is 0.829 bits per heavy atom. The van der Waals surface area contributed by atoms with Gasteiger partial charge in [-0.15, -0.1) is 0 Å². The number of aryl methyl sites for hydroxylation is 1. The first kappa shape index (κ1) is 22.2. The van der Waals surface area contributed by atoms with Crippen molar-refractivity contribution in [2.45, 2.75) is 18.6 Å². The largest absolute Gasteiger partial charge is 0.349 e. The van der Waals surface area contributed by atoms with Gasteiger partial charge in [0.15, 0.2) is 0 Å². The summed E-state index contributed by atoms with van der Waals surface area (Å²) in [4.78, 5) is 56.2. The summed E-state index contributed by atoms with van der Waals surface area (Å²) >= 11 is 12.3. The number of carbonyl (C=O) groups is 4. The van der Waals surface area contributed by atoms with Gasteiger partial charge < -0.3 is 4.74 Å². The molecule has 6 rings (SSSR count). The molecule has 2 amide bonds. The molecule has 0 aromatic heterocycles. The molecule has 174 valence electrons. The van der Waals surface area contributed by atoms with Crippen molar-refractivity contribution >= 4 is 52.3 Å². The van der Waals surface area contributed by atoms with Crippen molar-refractivity contribution in [3.63, 3.8) is 0 Å². The van der Waals surface area contributed by atoms with E-state index in [4.69, 9.17) is 27.9 Å². The number of rotatable bonds is 2. The van der Waals surface area contributed by atoms with Gasteiger partial charge >= 0.3 is 0 Å². The molecule has 3 aliphatic rings. The van der Waals surface area contributed by atoms with Gasteiger partial charge in [-0.1, -0.05) is 65.7 Å². The van der Waals surface area contributed by atoms with Crippen LogP contribution in [-0.4, -0.2) is 29.0 Å². The Labute approximate surface area is 210 Å². The molecule has 2 heterocycles. The van der Waals surface area contributed by atoms with E-state index in [1.54, 1.807) is 55.5 Å². The monoisotopic (exact) mass is 505 g/mol. The van der Waals surface area contributed by atoms with Crippen LogP contribution in [0.1, 0.15) is 37.9 Å². The number of hydrogen-bond donors (Lipinski definition) is 0. The van der Waals surface area contributed by atoms with Gasteiger partial charge in [-0.2, -0.15) is 0 Å². The highest BCUT2D eigenvalue weighted by molar-refractivity contribution is 6.37. The Morgan fingerprint density at radius 2 is 1.46 bits per heavy atom. The molecule has 2 saturated heterocycles. The Kier molecular flexibility index (Phi) is 4.81. The number of nitrogens with zero attached hydrogens (tertiary/aromatic N) is 1. The van der Waals surface area contributed by atoms with E-state index in [1.165, 1.54) is 18.2 Å². The Hall–Kier alpha value is -3.32. The smallest absolute Gasteiger partial charge is 0.241 e. The molecule has 1 aliphatic carbocycles. The summed E-state index contributed by atoms with van der Waals surface area (Å²) in [6.07, 6.45) is -0.998. The molecule has 0 saturated carbocycles. The summed E-state index contributed by atoms with van der Waals surface area (Å²) in [5, 5.41) is 0.865. The van der Waals surface area contributed by atoms with Crippen molar-refractivity contribution in [1.29, 1.82) is 0 Å². The molecular weight excluding hydrogens is 489 g/mol. The molecule has 6 nitrogen and oxygen atoms in total. The fourth-order valence-electron chi connectivity index (χ4n) is 5.45. The number of amides is 2. The van der Waals surface area contributed by atoms with Crippen LogP contribution in [0.4, 0.5) is 5.69 Å². The van der Waals surface area contributed by atoms with Crippen LogP contribution in [0.15, 0.2) is 66.7 Å². The zero-order valence-corrected chi connectivity index (χ0v) is 19.8. The number of fused-ring (bicyclic) bond motifs is 3. The van der Waals surface area contributed by atoms with Crippen molar-refractivity contribution in [1.82, 2.24) is 0 Å². The molecule has 0 bridgehead atoms. The third-order valence-corrected chi connectivity index (χ3v) is 7.79. The molecule has 3 aromatic carbocycles. The van der Waals surface area contributed by atoms with E-state index < -0.39 is 46.9 Å². The number of benzene rings is 3. The molecule has 3 aromatic rings. The highest BCUT2D eigenvalue weighted by Gasteiger charge is 2.74. The van der Waals surface area contributed by atoms with E-state index >= 15 is 0 Å². The SMILES string of the molecule is Cc1ccc(N2C(=O)C3C(c4ccc(Cl)cc4)OC4(C(=O)c5ccccc5C4=O)C3C2=O)cc1Cl. The van der Waals surface area contributed by atoms with E-state index in [9.17, 15) is 19.2 Å². The molecular formula is C27H17Cl2NO5. The van der Waals surface area contributed by atoms with Gasteiger partial charge in [0, 0.05) is 21.2 Å². The summed E-state index contributed by atoms with van der Waals surface area (Å²) < 4.78 is 6.24. The van der Waals surface area contributed by atoms with Gasteiger partial charge in [-0.3, -0.25) is 19.2 Å². The van der Waals surface area contributed by atoms with Crippen molar-refractivity contribution in [3.05, 3.63) is 99.0 Å². The number of imide groups is 1. The first-order chi connectivity index (χ1) is 16.8. The average Bonchev–Trinajstić information content (AvgIpc) is 3.41. The maximum Gasteiger partial charge on any atom is 0.241 e. The highest BCUT2D eigenvalue weighted by Crippen LogP contribution is 2.57. The second-order valence-corrected chi connectivity index (χ2v) is 9.82. The Morgan fingerprint density at radius 3 is 2.06 bits per heavy atom. The minimum Gasteiger partial charge on any atom is -0.349 e. The minimum atomic E-state index is -2.12. The van der Waals surface area contributed by atoms with Crippen molar-refractivity contribution in [2.75, 3.05) is 4.90 Å². The normalized spacial score (nSPS) is 24.4. The number of halogens is 2. The average molecular weight is 506 g/mol. The van der Waals surface area contributed by atoms with Crippen LogP contribution in [0.25, 0.3) is 0 Å². The fourth-order valence-corrected chi connectivity index (χ4v) is 5.75. The fraction of sp³-hybridized carbons (Fsp3) is 0.185. The molecule has 2 fully saturated rings. The predicted molar refractivity (Wildman–Crippen MR) is 129 cm³/mol. The van der Waals surface area contributed by atoms with Crippen LogP contribution in [0.5, 0.6) is 0 Å². The van der Waals surface area contributed by atoms with E-state index in [1.807, 2.05) is 0 Å². The van der Waals surface area contributed by atoms with Crippen LogP contribution in [0.2, 0.25) is 10.0 Å². The predicted octanol–water partition coefficient (Wildman–Crippen LogP) is 5.00. The summed E-state index contributed by atoms with van der Waals surface area (Å²) in [6, 6.07) is 17.8.